The lowest BCUT2D eigenvalue weighted by atomic mass is 9.85. The molecular formula is C29H29NO. The quantitative estimate of drug-likeness (QED) is 0.439. The van der Waals surface area contributed by atoms with Crippen molar-refractivity contribution in [1.29, 1.82) is 0 Å². The molecule has 1 aliphatic carbocycles. The number of hydrogen-bond acceptors (Lipinski definition) is 2. The smallest absolute Gasteiger partial charge is 0.116 e. The molecule has 0 amide bonds. The maximum Gasteiger partial charge on any atom is 0.116 e. The molecule has 0 saturated carbocycles. The molecule has 0 unspecified atom stereocenters. The van der Waals surface area contributed by atoms with Crippen LogP contribution in [0, 0.1) is 6.92 Å². The lowest BCUT2D eigenvalue weighted by Crippen LogP contribution is -2.15. The SMILES string of the molecule is C=C(/C=C\C(C)=C/C)N(c1ccc(C)cc1)c1ccc2c(c1)CCc1ccc(O)cc1-2. The fourth-order valence-electron chi connectivity index (χ4n) is 4.06. The van der Waals surface area contributed by atoms with Crippen LogP contribution < -0.4 is 4.90 Å². The van der Waals surface area contributed by atoms with Crippen molar-refractivity contribution in [1.82, 2.24) is 0 Å². The van der Waals surface area contributed by atoms with Crippen molar-refractivity contribution in [2.75, 3.05) is 4.90 Å². The summed E-state index contributed by atoms with van der Waals surface area (Å²) in [6, 6.07) is 20.8. The Bertz CT molecular complexity index is 1180. The summed E-state index contributed by atoms with van der Waals surface area (Å²) in [5.74, 6) is 0.315. The molecule has 0 heterocycles. The number of fused-ring (bicyclic) bond motifs is 3. The van der Waals surface area contributed by atoms with Gasteiger partial charge in [0.25, 0.3) is 0 Å². The molecule has 0 aromatic heterocycles. The van der Waals surface area contributed by atoms with Crippen LogP contribution in [0.1, 0.15) is 30.5 Å². The van der Waals surface area contributed by atoms with Crippen molar-refractivity contribution >= 4 is 11.4 Å². The van der Waals surface area contributed by atoms with E-state index in [9.17, 15) is 5.11 Å². The molecule has 0 atom stereocenters. The summed E-state index contributed by atoms with van der Waals surface area (Å²) in [6.45, 7) is 10.6. The second-order valence-corrected chi connectivity index (χ2v) is 8.21. The molecule has 31 heavy (non-hydrogen) atoms. The lowest BCUT2D eigenvalue weighted by molar-refractivity contribution is 0.475. The number of allylic oxidation sites excluding steroid dienone is 4. The van der Waals surface area contributed by atoms with Crippen LogP contribution in [0.2, 0.25) is 0 Å². The lowest BCUT2D eigenvalue weighted by Gasteiger charge is -2.28. The topological polar surface area (TPSA) is 23.5 Å². The first-order valence-corrected chi connectivity index (χ1v) is 10.8. The molecular weight excluding hydrogens is 378 g/mol. The number of benzene rings is 3. The molecule has 4 rings (SSSR count). The standard InChI is InChI=1S/C29H29NO/c1-5-20(2)6-9-22(4)30(25-13-7-21(3)8-14-25)26-15-17-28-24(18-26)11-10-23-12-16-27(31)19-29(23)28/h5-9,12-19,31H,4,10-11H2,1-3H3/b9-6-,20-5-. The first-order valence-electron chi connectivity index (χ1n) is 10.8. The van der Waals surface area contributed by atoms with Gasteiger partial charge in [0, 0.05) is 17.1 Å². The van der Waals surface area contributed by atoms with Gasteiger partial charge in [-0.2, -0.15) is 0 Å². The van der Waals surface area contributed by atoms with Crippen LogP contribution in [-0.2, 0) is 12.8 Å². The fourth-order valence-corrected chi connectivity index (χ4v) is 4.06. The van der Waals surface area contributed by atoms with Gasteiger partial charge in [0.2, 0.25) is 0 Å². The average Bonchev–Trinajstić information content (AvgIpc) is 2.78. The number of aromatic hydroxyl groups is 1. The van der Waals surface area contributed by atoms with Gasteiger partial charge in [-0.25, -0.2) is 0 Å². The Balaban J connectivity index is 1.78. The predicted octanol–water partition coefficient (Wildman–Crippen LogP) is 7.64. The number of nitrogens with zero attached hydrogens (tertiary/aromatic N) is 1. The highest BCUT2D eigenvalue weighted by atomic mass is 16.3. The van der Waals surface area contributed by atoms with Gasteiger partial charge in [0.15, 0.2) is 0 Å². The number of hydrogen-bond donors (Lipinski definition) is 1. The van der Waals surface area contributed by atoms with E-state index in [1.165, 1.54) is 27.8 Å². The third kappa shape index (κ3) is 4.34. The molecule has 0 aliphatic heterocycles. The average molecular weight is 408 g/mol. The third-order valence-electron chi connectivity index (χ3n) is 5.97. The van der Waals surface area contributed by atoms with E-state index in [4.69, 9.17) is 0 Å². The number of anilines is 2. The van der Waals surface area contributed by atoms with Crippen LogP contribution in [0.25, 0.3) is 11.1 Å². The zero-order valence-corrected chi connectivity index (χ0v) is 18.5. The van der Waals surface area contributed by atoms with Crippen molar-refractivity contribution < 1.29 is 5.11 Å². The molecule has 1 N–H and O–H groups in total. The summed E-state index contributed by atoms with van der Waals surface area (Å²) in [6.07, 6.45) is 8.23. The Morgan fingerprint density at radius 2 is 1.58 bits per heavy atom. The van der Waals surface area contributed by atoms with Gasteiger partial charge < -0.3 is 10.0 Å². The van der Waals surface area contributed by atoms with Crippen molar-refractivity contribution in [3.8, 4) is 16.9 Å². The van der Waals surface area contributed by atoms with Crippen molar-refractivity contribution in [3.63, 3.8) is 0 Å². The Hall–Kier alpha value is -3.52. The Labute approximate surface area is 185 Å². The number of aryl methyl sites for hydroxylation is 3. The largest absolute Gasteiger partial charge is 0.508 e. The minimum Gasteiger partial charge on any atom is -0.508 e. The molecule has 3 aromatic rings. The van der Waals surface area contributed by atoms with Gasteiger partial charge in [-0.15, -0.1) is 0 Å². The third-order valence-corrected chi connectivity index (χ3v) is 5.97. The van der Waals surface area contributed by atoms with Gasteiger partial charge in [0.1, 0.15) is 5.75 Å². The summed E-state index contributed by atoms with van der Waals surface area (Å²) in [5.41, 5.74) is 10.5. The predicted molar refractivity (Wildman–Crippen MR) is 132 cm³/mol. The van der Waals surface area contributed by atoms with Crippen LogP contribution in [0.15, 0.2) is 96.7 Å². The second kappa shape index (κ2) is 8.69. The molecule has 2 heteroatoms. The monoisotopic (exact) mass is 407 g/mol. The van der Waals surface area contributed by atoms with E-state index in [-0.39, 0.29) is 0 Å². The van der Waals surface area contributed by atoms with Crippen molar-refractivity contribution in [3.05, 3.63) is 113 Å². The first kappa shape index (κ1) is 20.7. The van der Waals surface area contributed by atoms with Crippen LogP contribution >= 0.6 is 0 Å². The van der Waals surface area contributed by atoms with Crippen molar-refractivity contribution in [2.45, 2.75) is 33.6 Å². The zero-order chi connectivity index (χ0) is 22.0. The van der Waals surface area contributed by atoms with Gasteiger partial charge in [-0.3, -0.25) is 0 Å². The molecule has 2 nitrogen and oxygen atoms in total. The van der Waals surface area contributed by atoms with E-state index in [0.29, 0.717) is 5.75 Å². The molecule has 156 valence electrons. The summed E-state index contributed by atoms with van der Waals surface area (Å²) in [7, 11) is 0. The summed E-state index contributed by atoms with van der Waals surface area (Å²) in [5, 5.41) is 9.99. The normalized spacial score (nSPS) is 13.1. The molecule has 0 saturated heterocycles. The van der Waals surface area contributed by atoms with E-state index in [1.807, 2.05) is 19.1 Å². The van der Waals surface area contributed by atoms with Crippen LogP contribution in [-0.4, -0.2) is 5.11 Å². The zero-order valence-electron chi connectivity index (χ0n) is 18.5. The highest BCUT2D eigenvalue weighted by Gasteiger charge is 2.19. The van der Waals surface area contributed by atoms with E-state index in [0.717, 1.165) is 35.5 Å². The van der Waals surface area contributed by atoms with Crippen LogP contribution in [0.4, 0.5) is 11.4 Å². The van der Waals surface area contributed by atoms with Crippen molar-refractivity contribution in [2.24, 2.45) is 0 Å². The molecule has 0 spiro atoms. The Morgan fingerprint density at radius 3 is 2.32 bits per heavy atom. The summed E-state index contributed by atoms with van der Waals surface area (Å²) >= 11 is 0. The van der Waals surface area contributed by atoms with Gasteiger partial charge in [0.05, 0.1) is 0 Å². The summed E-state index contributed by atoms with van der Waals surface area (Å²) in [4.78, 5) is 2.21. The van der Waals surface area contributed by atoms with Gasteiger partial charge in [-0.1, -0.05) is 54.1 Å². The van der Waals surface area contributed by atoms with Gasteiger partial charge in [-0.05, 0) is 98.3 Å². The number of rotatable bonds is 5. The maximum atomic E-state index is 9.99. The van der Waals surface area contributed by atoms with Gasteiger partial charge >= 0.3 is 0 Å². The molecule has 3 aromatic carbocycles. The Morgan fingerprint density at radius 1 is 0.871 bits per heavy atom. The van der Waals surface area contributed by atoms with E-state index in [2.05, 4.69) is 86.0 Å². The second-order valence-electron chi connectivity index (χ2n) is 8.21. The van der Waals surface area contributed by atoms with Crippen LogP contribution in [0.5, 0.6) is 5.75 Å². The maximum absolute atomic E-state index is 9.99. The minimum atomic E-state index is 0.315. The molecule has 0 bridgehead atoms. The molecule has 1 aliphatic rings. The minimum absolute atomic E-state index is 0.315. The molecule has 0 fully saturated rings. The van der Waals surface area contributed by atoms with E-state index in [1.54, 1.807) is 6.07 Å². The van der Waals surface area contributed by atoms with Crippen LogP contribution in [0.3, 0.4) is 0 Å². The van der Waals surface area contributed by atoms with E-state index < -0.39 is 0 Å². The summed E-state index contributed by atoms with van der Waals surface area (Å²) < 4.78 is 0. The first-order chi connectivity index (χ1) is 15.0. The van der Waals surface area contributed by atoms with E-state index >= 15 is 0 Å². The number of phenols is 1. The highest BCUT2D eigenvalue weighted by Crippen LogP contribution is 2.39. The fraction of sp³-hybridized carbons (Fsp3) is 0.172. The highest BCUT2D eigenvalue weighted by molar-refractivity contribution is 5.79. The Kier molecular flexibility index (Phi) is 5.81. The number of phenolic OH excluding ortho intramolecular Hbond substituents is 1. The molecule has 0 radical (unpaired) electrons.